The number of thiophene rings is 1. The minimum absolute atomic E-state index is 0.00664. The molecule has 0 bridgehead atoms. The fourth-order valence-electron chi connectivity index (χ4n) is 2.75. The molecule has 1 aromatic carbocycles. The standard InChI is InChI=1S/C21H20N2O2S2/c1-15-5-3-11-23(14-15)19(20(24)18-6-4-12-27-18)21(26)22-13-16-7-9-17(25-2)10-8-16/h3-12,14,19H,13H2,1-2H3/p+1/t19-/m0/s1. The molecular formula is C21H21N2O2S2+. The van der Waals surface area contributed by atoms with Gasteiger partial charge in [0.15, 0.2) is 17.4 Å². The molecule has 27 heavy (non-hydrogen) atoms. The molecule has 0 spiro atoms. The second-order valence-corrected chi connectivity index (χ2v) is 7.53. The summed E-state index contributed by atoms with van der Waals surface area (Å²) in [5.74, 6) is 0.801. The van der Waals surface area contributed by atoms with Crippen molar-refractivity contribution >= 4 is 34.3 Å². The third-order valence-electron chi connectivity index (χ3n) is 4.15. The summed E-state index contributed by atoms with van der Waals surface area (Å²) in [7, 11) is 1.64. The predicted octanol–water partition coefficient (Wildman–Crippen LogP) is 3.89. The van der Waals surface area contributed by atoms with Crippen molar-refractivity contribution in [2.45, 2.75) is 19.5 Å². The molecule has 0 fully saturated rings. The maximum atomic E-state index is 13.1. The summed E-state index contributed by atoms with van der Waals surface area (Å²) >= 11 is 7.06. The van der Waals surface area contributed by atoms with Gasteiger partial charge in [0.1, 0.15) is 5.75 Å². The third-order valence-corrected chi connectivity index (χ3v) is 5.41. The average Bonchev–Trinajstić information content (AvgIpc) is 3.22. The molecule has 1 N–H and O–H groups in total. The second kappa shape index (κ2) is 8.88. The van der Waals surface area contributed by atoms with E-state index in [0.29, 0.717) is 16.4 Å². The number of rotatable bonds is 7. The number of thiocarbonyl (C=S) groups is 1. The van der Waals surface area contributed by atoms with E-state index in [9.17, 15) is 4.79 Å². The molecule has 0 aliphatic heterocycles. The first kappa shape index (κ1) is 19.2. The highest BCUT2D eigenvalue weighted by Gasteiger charge is 2.33. The van der Waals surface area contributed by atoms with Gasteiger partial charge in [0.05, 0.1) is 12.0 Å². The Bertz CT molecular complexity index is 922. The van der Waals surface area contributed by atoms with E-state index in [4.69, 9.17) is 17.0 Å². The van der Waals surface area contributed by atoms with Gasteiger partial charge in [-0.15, -0.1) is 11.3 Å². The monoisotopic (exact) mass is 397 g/mol. The van der Waals surface area contributed by atoms with Crippen molar-refractivity contribution < 1.29 is 14.1 Å². The number of nitrogens with zero attached hydrogens (tertiary/aromatic N) is 1. The van der Waals surface area contributed by atoms with Crippen molar-refractivity contribution in [1.82, 2.24) is 5.32 Å². The number of Topliss-reactive ketones (excluding diaryl/α,β-unsaturated/α-hetero) is 1. The molecule has 0 aliphatic rings. The topological polar surface area (TPSA) is 42.2 Å². The lowest BCUT2D eigenvalue weighted by Gasteiger charge is -2.14. The van der Waals surface area contributed by atoms with Crippen LogP contribution in [0.4, 0.5) is 0 Å². The quantitative estimate of drug-likeness (QED) is 0.373. The minimum atomic E-state index is -0.572. The Balaban J connectivity index is 1.80. The molecule has 3 rings (SSSR count). The maximum Gasteiger partial charge on any atom is 0.271 e. The predicted molar refractivity (Wildman–Crippen MR) is 111 cm³/mol. The Hall–Kier alpha value is -2.57. The number of ether oxygens (including phenoxy) is 1. The first-order valence-electron chi connectivity index (χ1n) is 8.54. The lowest BCUT2D eigenvalue weighted by molar-refractivity contribution is -0.692. The van der Waals surface area contributed by atoms with Gasteiger partial charge in [0.25, 0.3) is 6.04 Å². The molecule has 2 aromatic heterocycles. The van der Waals surface area contributed by atoms with E-state index in [1.807, 2.05) is 77.8 Å². The van der Waals surface area contributed by atoms with Gasteiger partial charge >= 0.3 is 0 Å². The van der Waals surface area contributed by atoms with E-state index >= 15 is 0 Å². The number of methoxy groups -OCH3 is 1. The van der Waals surface area contributed by atoms with Crippen LogP contribution in [0, 0.1) is 6.92 Å². The van der Waals surface area contributed by atoms with E-state index in [-0.39, 0.29) is 5.78 Å². The summed E-state index contributed by atoms with van der Waals surface area (Å²) in [6.07, 6.45) is 3.82. The van der Waals surface area contributed by atoms with Crippen LogP contribution >= 0.6 is 23.6 Å². The van der Waals surface area contributed by atoms with Gasteiger partial charge in [0, 0.05) is 18.2 Å². The van der Waals surface area contributed by atoms with Crippen LogP contribution in [0.5, 0.6) is 5.75 Å². The van der Waals surface area contributed by atoms with Crippen LogP contribution in [0.25, 0.3) is 0 Å². The van der Waals surface area contributed by atoms with Gasteiger partial charge in [0.2, 0.25) is 5.78 Å². The van der Waals surface area contributed by atoms with Gasteiger partial charge in [-0.3, -0.25) is 4.79 Å². The van der Waals surface area contributed by atoms with Crippen molar-refractivity contribution in [3.8, 4) is 5.75 Å². The molecule has 0 amide bonds. The van der Waals surface area contributed by atoms with E-state index in [0.717, 1.165) is 16.9 Å². The number of carbonyl (C=O) groups excluding carboxylic acids is 1. The number of aromatic nitrogens is 1. The molecule has 0 saturated carbocycles. The summed E-state index contributed by atoms with van der Waals surface area (Å²) in [5, 5.41) is 5.15. The smallest absolute Gasteiger partial charge is 0.271 e. The number of pyridine rings is 1. The highest BCUT2D eigenvalue weighted by molar-refractivity contribution is 7.80. The zero-order valence-electron chi connectivity index (χ0n) is 15.2. The summed E-state index contributed by atoms with van der Waals surface area (Å²) < 4.78 is 7.06. The zero-order valence-corrected chi connectivity index (χ0v) is 16.8. The summed E-state index contributed by atoms with van der Waals surface area (Å²) in [6.45, 7) is 2.54. The Labute approximate surface area is 168 Å². The van der Waals surface area contributed by atoms with Crippen LogP contribution in [0.3, 0.4) is 0 Å². The molecule has 0 unspecified atom stereocenters. The summed E-state index contributed by atoms with van der Waals surface area (Å²) in [4.78, 5) is 14.3. The average molecular weight is 398 g/mol. The van der Waals surface area contributed by atoms with Crippen LogP contribution in [-0.2, 0) is 6.54 Å². The molecule has 4 nitrogen and oxygen atoms in total. The van der Waals surface area contributed by atoms with Crippen molar-refractivity contribution in [1.29, 1.82) is 0 Å². The van der Waals surface area contributed by atoms with Crippen molar-refractivity contribution in [2.75, 3.05) is 7.11 Å². The molecular weight excluding hydrogens is 376 g/mol. The molecule has 3 aromatic rings. The summed E-state index contributed by atoms with van der Waals surface area (Å²) in [5.41, 5.74) is 2.13. The normalized spacial score (nSPS) is 11.6. The molecule has 0 radical (unpaired) electrons. The fraction of sp³-hybridized carbons (Fsp3) is 0.190. The number of carbonyl (C=O) groups is 1. The Morgan fingerprint density at radius 3 is 2.63 bits per heavy atom. The molecule has 0 saturated heterocycles. The third kappa shape index (κ3) is 4.78. The molecule has 1 atom stereocenters. The molecule has 6 heteroatoms. The second-order valence-electron chi connectivity index (χ2n) is 6.14. The zero-order chi connectivity index (χ0) is 19.2. The van der Waals surface area contributed by atoms with Gasteiger partial charge in [-0.1, -0.05) is 30.4 Å². The number of hydrogen-bond acceptors (Lipinski definition) is 4. The minimum Gasteiger partial charge on any atom is -0.497 e. The van der Waals surface area contributed by atoms with Crippen LogP contribution in [0.1, 0.15) is 26.8 Å². The van der Waals surface area contributed by atoms with Crippen LogP contribution in [0.15, 0.2) is 66.3 Å². The number of aryl methyl sites for hydroxylation is 1. The fourth-order valence-corrected chi connectivity index (χ4v) is 3.74. The van der Waals surface area contributed by atoms with E-state index in [1.165, 1.54) is 11.3 Å². The van der Waals surface area contributed by atoms with Gasteiger partial charge in [-0.25, -0.2) is 0 Å². The number of nitrogens with one attached hydrogen (secondary N) is 1. The first-order valence-corrected chi connectivity index (χ1v) is 9.83. The van der Waals surface area contributed by atoms with Crippen molar-refractivity contribution in [3.05, 3.63) is 82.3 Å². The lowest BCUT2D eigenvalue weighted by atomic mass is 10.1. The Kier molecular flexibility index (Phi) is 6.32. The number of ketones is 1. The van der Waals surface area contributed by atoms with Crippen LogP contribution < -0.4 is 14.6 Å². The highest BCUT2D eigenvalue weighted by atomic mass is 32.1. The molecule has 2 heterocycles. The summed E-state index contributed by atoms with van der Waals surface area (Å²) in [6, 6.07) is 14.8. The Morgan fingerprint density at radius 1 is 1.22 bits per heavy atom. The Morgan fingerprint density at radius 2 is 2.00 bits per heavy atom. The lowest BCUT2D eigenvalue weighted by Crippen LogP contribution is -2.51. The number of benzene rings is 1. The first-order chi connectivity index (χ1) is 13.1. The van der Waals surface area contributed by atoms with Crippen LogP contribution in [-0.4, -0.2) is 17.9 Å². The van der Waals surface area contributed by atoms with E-state index in [1.54, 1.807) is 7.11 Å². The largest absolute Gasteiger partial charge is 0.497 e. The molecule has 138 valence electrons. The maximum absolute atomic E-state index is 13.1. The van der Waals surface area contributed by atoms with Gasteiger partial charge < -0.3 is 10.1 Å². The molecule has 0 aliphatic carbocycles. The van der Waals surface area contributed by atoms with E-state index in [2.05, 4.69) is 5.32 Å². The highest BCUT2D eigenvalue weighted by Crippen LogP contribution is 2.17. The van der Waals surface area contributed by atoms with Crippen molar-refractivity contribution in [2.24, 2.45) is 0 Å². The van der Waals surface area contributed by atoms with Crippen molar-refractivity contribution in [3.63, 3.8) is 0 Å². The van der Waals surface area contributed by atoms with E-state index < -0.39 is 6.04 Å². The SMILES string of the molecule is COc1ccc(CNC(=S)[C@H](C(=O)c2cccs2)[n+]2cccc(C)c2)cc1. The van der Waals surface area contributed by atoms with Gasteiger partial charge in [-0.05, 0) is 42.1 Å². The van der Waals surface area contributed by atoms with Crippen LogP contribution in [0.2, 0.25) is 0 Å². The van der Waals surface area contributed by atoms with Gasteiger partial charge in [-0.2, -0.15) is 4.57 Å². The number of hydrogen-bond donors (Lipinski definition) is 1.